The molecule has 5 rings (SSSR count). The van der Waals surface area contributed by atoms with E-state index in [4.69, 9.17) is 11.6 Å². The number of phenols is 1. The maximum Gasteiger partial charge on any atom is 0.223 e. The first-order valence-corrected chi connectivity index (χ1v) is 11.9. The molecular weight excluding hydrogens is 438 g/mol. The Kier molecular flexibility index (Phi) is 8.01. The van der Waals surface area contributed by atoms with Gasteiger partial charge in [0.25, 0.3) is 0 Å². The van der Waals surface area contributed by atoms with E-state index in [1.54, 1.807) is 7.05 Å². The van der Waals surface area contributed by atoms with Gasteiger partial charge < -0.3 is 15.7 Å². The molecule has 1 aromatic carbocycles. The van der Waals surface area contributed by atoms with E-state index in [0.717, 1.165) is 70.3 Å². The molecule has 4 aliphatic rings. The predicted octanol–water partition coefficient (Wildman–Crippen LogP) is 5.39. The molecule has 0 radical (unpaired) electrons. The van der Waals surface area contributed by atoms with E-state index < -0.39 is 23.4 Å². The van der Waals surface area contributed by atoms with Crippen LogP contribution in [0.25, 0.3) is 0 Å². The molecule has 2 bridgehead atoms. The van der Waals surface area contributed by atoms with Gasteiger partial charge in [-0.3, -0.25) is 9.59 Å². The molecule has 0 aliphatic heterocycles. The standard InChI is InChI=1S/C21H26ClF2NO2.C3H7NO/c22-14-11-15(26)18(24)16(17(14)23)19(25-20(27)13-3-1-2-4-13)21-8-5-12(6-9-21)7-10-21;1-3(5)4-2/h11-13,19,26H,1-10H2,(H,25,27);1-2H3,(H,4,5). The molecule has 2 amide bonds. The summed E-state index contributed by atoms with van der Waals surface area (Å²) in [5.74, 6) is -2.08. The fourth-order valence-electron chi connectivity index (χ4n) is 5.56. The number of amides is 2. The maximum absolute atomic E-state index is 15.0. The van der Waals surface area contributed by atoms with Crippen molar-refractivity contribution in [1.29, 1.82) is 0 Å². The minimum Gasteiger partial charge on any atom is -0.505 e. The van der Waals surface area contributed by atoms with Crippen LogP contribution in [0.1, 0.15) is 82.7 Å². The van der Waals surface area contributed by atoms with Crippen molar-refractivity contribution in [2.75, 3.05) is 7.05 Å². The van der Waals surface area contributed by atoms with Crippen LogP contribution < -0.4 is 10.6 Å². The van der Waals surface area contributed by atoms with Crippen LogP contribution in [0.4, 0.5) is 8.78 Å². The number of hydrogen-bond acceptors (Lipinski definition) is 3. The van der Waals surface area contributed by atoms with Crippen molar-refractivity contribution in [3.63, 3.8) is 0 Å². The molecule has 3 N–H and O–H groups in total. The van der Waals surface area contributed by atoms with E-state index in [0.29, 0.717) is 5.92 Å². The highest BCUT2D eigenvalue weighted by molar-refractivity contribution is 6.31. The molecule has 0 aromatic heterocycles. The molecule has 8 heteroatoms. The van der Waals surface area contributed by atoms with Crippen LogP contribution in [-0.4, -0.2) is 24.0 Å². The minimum absolute atomic E-state index is 0.00463. The summed E-state index contributed by atoms with van der Waals surface area (Å²) in [6, 6.07) is 0.0949. The predicted molar refractivity (Wildman–Crippen MR) is 119 cm³/mol. The number of halogens is 3. The average molecular weight is 471 g/mol. The van der Waals surface area contributed by atoms with Gasteiger partial charge in [-0.15, -0.1) is 0 Å². The molecule has 4 fully saturated rings. The van der Waals surface area contributed by atoms with Crippen LogP contribution in [0.5, 0.6) is 5.75 Å². The number of aromatic hydroxyl groups is 1. The highest BCUT2D eigenvalue weighted by Crippen LogP contribution is 2.57. The molecule has 1 unspecified atom stereocenters. The SMILES string of the molecule is CNC(C)=O.O=C(NC(c1c(F)c(O)cc(Cl)c1F)C12CCC(CC1)CC2)C1CCCC1. The first-order chi connectivity index (χ1) is 15.2. The summed E-state index contributed by atoms with van der Waals surface area (Å²) in [6.45, 7) is 1.47. The van der Waals surface area contributed by atoms with Crippen molar-refractivity contribution in [2.24, 2.45) is 17.3 Å². The lowest BCUT2D eigenvalue weighted by atomic mass is 9.56. The third-order valence-electron chi connectivity index (χ3n) is 7.59. The number of carbonyl (C=O) groups excluding carboxylic acids is 2. The molecule has 1 aromatic rings. The molecule has 4 saturated carbocycles. The number of rotatable bonds is 4. The normalized spacial score (nSPS) is 25.6. The van der Waals surface area contributed by atoms with E-state index in [2.05, 4.69) is 10.6 Å². The first kappa shape index (κ1) is 24.7. The Morgan fingerprint density at radius 3 is 2.12 bits per heavy atom. The Hall–Kier alpha value is -1.89. The highest BCUT2D eigenvalue weighted by atomic mass is 35.5. The van der Waals surface area contributed by atoms with Crippen molar-refractivity contribution < 1.29 is 23.5 Å². The molecule has 0 heterocycles. The third kappa shape index (κ3) is 5.19. The van der Waals surface area contributed by atoms with Gasteiger partial charge in [-0.05, 0) is 62.7 Å². The van der Waals surface area contributed by atoms with Crippen LogP contribution in [-0.2, 0) is 9.59 Å². The Balaban J connectivity index is 0.000000523. The van der Waals surface area contributed by atoms with Gasteiger partial charge in [0.2, 0.25) is 11.8 Å². The average Bonchev–Trinajstić information content (AvgIpc) is 3.34. The highest BCUT2D eigenvalue weighted by Gasteiger charge is 2.49. The van der Waals surface area contributed by atoms with Gasteiger partial charge in [0.05, 0.1) is 16.6 Å². The van der Waals surface area contributed by atoms with Gasteiger partial charge in [0, 0.05) is 26.0 Å². The quantitative estimate of drug-likeness (QED) is 0.516. The van der Waals surface area contributed by atoms with Crippen molar-refractivity contribution in [3.8, 4) is 5.75 Å². The van der Waals surface area contributed by atoms with Crippen LogP contribution in [0.3, 0.4) is 0 Å². The molecule has 178 valence electrons. The lowest BCUT2D eigenvalue weighted by Gasteiger charge is -2.51. The molecule has 0 spiro atoms. The van der Waals surface area contributed by atoms with Gasteiger partial charge in [-0.1, -0.05) is 24.4 Å². The monoisotopic (exact) mass is 470 g/mol. The third-order valence-corrected chi connectivity index (χ3v) is 7.86. The molecule has 4 aliphatic carbocycles. The second-order valence-corrected chi connectivity index (χ2v) is 9.90. The van der Waals surface area contributed by atoms with Crippen molar-refractivity contribution in [2.45, 2.75) is 77.2 Å². The van der Waals surface area contributed by atoms with E-state index in [-0.39, 0.29) is 33.7 Å². The van der Waals surface area contributed by atoms with Crippen LogP contribution in [0.15, 0.2) is 6.07 Å². The zero-order valence-electron chi connectivity index (χ0n) is 18.8. The lowest BCUT2D eigenvalue weighted by Crippen LogP contribution is -2.48. The first-order valence-electron chi connectivity index (χ1n) is 11.5. The van der Waals surface area contributed by atoms with Crippen LogP contribution >= 0.6 is 11.6 Å². The number of fused-ring (bicyclic) bond motifs is 3. The summed E-state index contributed by atoms with van der Waals surface area (Å²) in [5, 5.41) is 15.0. The van der Waals surface area contributed by atoms with Crippen LogP contribution in [0.2, 0.25) is 5.02 Å². The fourth-order valence-corrected chi connectivity index (χ4v) is 5.76. The summed E-state index contributed by atoms with van der Waals surface area (Å²) in [4.78, 5) is 22.6. The number of phenolic OH excluding ortho intramolecular Hbond substituents is 1. The van der Waals surface area contributed by atoms with Gasteiger partial charge in [0.1, 0.15) is 5.82 Å². The zero-order valence-corrected chi connectivity index (χ0v) is 19.5. The number of nitrogens with one attached hydrogen (secondary N) is 2. The van der Waals surface area contributed by atoms with Crippen molar-refractivity contribution in [1.82, 2.24) is 10.6 Å². The Morgan fingerprint density at radius 1 is 1.09 bits per heavy atom. The van der Waals surface area contributed by atoms with Crippen LogP contribution in [0, 0.1) is 28.9 Å². The topological polar surface area (TPSA) is 78.4 Å². The minimum atomic E-state index is -1.00. The molecule has 5 nitrogen and oxygen atoms in total. The van der Waals surface area contributed by atoms with Gasteiger partial charge in [-0.25, -0.2) is 8.78 Å². The summed E-state index contributed by atoms with van der Waals surface area (Å²) in [7, 11) is 1.60. The van der Waals surface area contributed by atoms with E-state index >= 15 is 0 Å². The summed E-state index contributed by atoms with van der Waals surface area (Å²) < 4.78 is 29.9. The maximum atomic E-state index is 15.0. The Bertz CT molecular complexity index is 810. The Labute approximate surface area is 193 Å². The van der Waals surface area contributed by atoms with Gasteiger partial charge in [-0.2, -0.15) is 0 Å². The van der Waals surface area contributed by atoms with E-state index in [1.165, 1.54) is 6.92 Å². The van der Waals surface area contributed by atoms with Crippen molar-refractivity contribution in [3.05, 3.63) is 28.3 Å². The lowest BCUT2D eigenvalue weighted by molar-refractivity contribution is -0.127. The zero-order chi connectivity index (χ0) is 23.5. The smallest absolute Gasteiger partial charge is 0.223 e. The van der Waals surface area contributed by atoms with E-state index in [9.17, 15) is 23.5 Å². The number of benzene rings is 1. The van der Waals surface area contributed by atoms with E-state index in [1.807, 2.05) is 0 Å². The molecular formula is C24H33ClF2N2O3. The fraction of sp³-hybridized carbons (Fsp3) is 0.667. The summed E-state index contributed by atoms with van der Waals surface area (Å²) in [5.41, 5.74) is -0.645. The number of hydrogen-bond donors (Lipinski definition) is 3. The molecule has 32 heavy (non-hydrogen) atoms. The molecule has 0 saturated heterocycles. The molecule has 1 atom stereocenters. The summed E-state index contributed by atoms with van der Waals surface area (Å²) in [6.07, 6.45) is 9.21. The van der Waals surface area contributed by atoms with Crippen molar-refractivity contribution >= 4 is 23.4 Å². The largest absolute Gasteiger partial charge is 0.505 e. The van der Waals surface area contributed by atoms with Gasteiger partial charge in [0.15, 0.2) is 11.6 Å². The van der Waals surface area contributed by atoms with Gasteiger partial charge >= 0.3 is 0 Å². The number of carbonyl (C=O) groups is 2. The Morgan fingerprint density at radius 2 is 1.62 bits per heavy atom. The second-order valence-electron chi connectivity index (χ2n) is 9.49. The second kappa shape index (κ2) is 10.4. The summed E-state index contributed by atoms with van der Waals surface area (Å²) >= 11 is 5.92.